The molecular formula is C11H17N5O. The van der Waals surface area contributed by atoms with Crippen molar-refractivity contribution in [3.05, 3.63) is 18.2 Å². The average Bonchev–Trinajstić information content (AvgIpc) is 2.83. The van der Waals surface area contributed by atoms with Gasteiger partial charge in [0.25, 0.3) is 5.91 Å². The first kappa shape index (κ1) is 11.6. The minimum atomic E-state index is -0.487. The van der Waals surface area contributed by atoms with Gasteiger partial charge in [0.05, 0.1) is 18.2 Å². The van der Waals surface area contributed by atoms with E-state index in [0.717, 1.165) is 12.2 Å². The van der Waals surface area contributed by atoms with E-state index in [4.69, 9.17) is 0 Å². The molecule has 0 aromatic carbocycles. The summed E-state index contributed by atoms with van der Waals surface area (Å²) in [4.78, 5) is 20.2. The van der Waals surface area contributed by atoms with Crippen molar-refractivity contribution in [2.75, 3.05) is 0 Å². The first-order valence-corrected chi connectivity index (χ1v) is 5.77. The molecule has 2 rings (SSSR count). The van der Waals surface area contributed by atoms with Crippen LogP contribution >= 0.6 is 0 Å². The summed E-state index contributed by atoms with van der Waals surface area (Å²) in [6.07, 6.45) is 3.40. The van der Waals surface area contributed by atoms with Crippen LogP contribution in [-0.4, -0.2) is 27.5 Å². The summed E-state index contributed by atoms with van der Waals surface area (Å²) in [5, 5.41) is 5.82. The number of aliphatic imine (C=N–C) groups is 1. The number of rotatable bonds is 3. The van der Waals surface area contributed by atoms with Crippen LogP contribution in [0.2, 0.25) is 0 Å². The van der Waals surface area contributed by atoms with E-state index in [9.17, 15) is 4.79 Å². The smallest absolute Gasteiger partial charge is 0.257 e. The Morgan fingerprint density at radius 2 is 2.35 bits per heavy atom. The number of nitrogens with zero attached hydrogens (tertiary/aromatic N) is 3. The molecule has 0 radical (unpaired) electrons. The summed E-state index contributed by atoms with van der Waals surface area (Å²) in [6, 6.07) is -0.248. The zero-order chi connectivity index (χ0) is 12.4. The molecule has 1 aromatic rings. The SMILES string of the molecule is CCn1cncc1C1N=C(NC(C)C)NC1=O. The van der Waals surface area contributed by atoms with Crippen LogP contribution in [0.15, 0.2) is 17.5 Å². The second kappa shape index (κ2) is 4.57. The quantitative estimate of drug-likeness (QED) is 0.798. The molecule has 1 aliphatic heterocycles. The number of aromatic nitrogens is 2. The Hall–Kier alpha value is -1.85. The van der Waals surface area contributed by atoms with Crippen molar-refractivity contribution >= 4 is 11.9 Å². The van der Waals surface area contributed by atoms with Gasteiger partial charge in [-0.2, -0.15) is 0 Å². The van der Waals surface area contributed by atoms with Crippen molar-refractivity contribution in [2.45, 2.75) is 39.4 Å². The lowest BCUT2D eigenvalue weighted by Crippen LogP contribution is -2.40. The molecule has 1 atom stereocenters. The molecule has 0 saturated carbocycles. The van der Waals surface area contributed by atoms with Gasteiger partial charge in [-0.05, 0) is 20.8 Å². The number of carbonyl (C=O) groups is 1. The summed E-state index contributed by atoms with van der Waals surface area (Å²) < 4.78 is 1.92. The fraction of sp³-hybridized carbons (Fsp3) is 0.545. The predicted octanol–water partition coefficient (Wildman–Crippen LogP) is 0.428. The number of hydrogen-bond acceptors (Lipinski definition) is 4. The Balaban J connectivity index is 2.21. The van der Waals surface area contributed by atoms with Crippen LogP contribution in [-0.2, 0) is 11.3 Å². The van der Waals surface area contributed by atoms with Crippen molar-refractivity contribution < 1.29 is 4.79 Å². The average molecular weight is 235 g/mol. The Bertz CT molecular complexity index is 448. The van der Waals surface area contributed by atoms with Crippen molar-refractivity contribution in [3.63, 3.8) is 0 Å². The van der Waals surface area contributed by atoms with Crippen molar-refractivity contribution in [1.82, 2.24) is 20.2 Å². The van der Waals surface area contributed by atoms with Crippen molar-refractivity contribution in [2.24, 2.45) is 4.99 Å². The summed E-state index contributed by atoms with van der Waals surface area (Å²) in [6.45, 7) is 6.78. The fourth-order valence-electron chi connectivity index (χ4n) is 1.78. The maximum Gasteiger partial charge on any atom is 0.257 e. The van der Waals surface area contributed by atoms with Gasteiger partial charge in [-0.1, -0.05) is 0 Å². The summed E-state index contributed by atoms with van der Waals surface area (Å²) in [5.74, 6) is 0.433. The highest BCUT2D eigenvalue weighted by Gasteiger charge is 2.30. The first-order chi connectivity index (χ1) is 8.11. The third kappa shape index (κ3) is 2.30. The lowest BCUT2D eigenvalue weighted by Gasteiger charge is -2.07. The summed E-state index contributed by atoms with van der Waals surface area (Å²) in [5.41, 5.74) is 0.825. The Kier molecular flexibility index (Phi) is 3.12. The molecule has 6 nitrogen and oxygen atoms in total. The molecule has 0 spiro atoms. The lowest BCUT2D eigenvalue weighted by atomic mass is 10.2. The summed E-state index contributed by atoms with van der Waals surface area (Å²) in [7, 11) is 0. The van der Waals surface area contributed by atoms with Gasteiger partial charge in [0, 0.05) is 12.6 Å². The van der Waals surface area contributed by atoms with E-state index in [2.05, 4.69) is 20.6 Å². The number of hydrogen-bond donors (Lipinski definition) is 2. The van der Waals surface area contributed by atoms with E-state index >= 15 is 0 Å². The molecule has 0 saturated heterocycles. The third-order valence-corrected chi connectivity index (χ3v) is 2.54. The van der Waals surface area contributed by atoms with Gasteiger partial charge >= 0.3 is 0 Å². The number of guanidine groups is 1. The molecule has 1 amide bonds. The molecule has 92 valence electrons. The van der Waals surface area contributed by atoms with Gasteiger partial charge in [0.15, 0.2) is 12.0 Å². The van der Waals surface area contributed by atoms with E-state index in [1.807, 2.05) is 25.3 Å². The van der Waals surface area contributed by atoms with Crippen LogP contribution in [0.3, 0.4) is 0 Å². The molecule has 1 aromatic heterocycles. The number of imidazole rings is 1. The van der Waals surface area contributed by atoms with E-state index in [1.165, 1.54) is 0 Å². The molecule has 17 heavy (non-hydrogen) atoms. The van der Waals surface area contributed by atoms with Gasteiger partial charge in [0.2, 0.25) is 0 Å². The highest BCUT2D eigenvalue weighted by Crippen LogP contribution is 2.20. The van der Waals surface area contributed by atoms with Crippen molar-refractivity contribution in [1.29, 1.82) is 0 Å². The van der Waals surface area contributed by atoms with Crippen LogP contribution in [0.25, 0.3) is 0 Å². The maximum absolute atomic E-state index is 11.8. The molecule has 0 fully saturated rings. The normalized spacial score (nSPS) is 19.4. The third-order valence-electron chi connectivity index (χ3n) is 2.54. The van der Waals surface area contributed by atoms with Crippen molar-refractivity contribution in [3.8, 4) is 0 Å². The molecule has 0 bridgehead atoms. The van der Waals surface area contributed by atoms with E-state index < -0.39 is 6.04 Å². The largest absolute Gasteiger partial charge is 0.354 e. The second-order valence-corrected chi connectivity index (χ2v) is 4.27. The van der Waals surface area contributed by atoms with E-state index in [1.54, 1.807) is 12.5 Å². The maximum atomic E-state index is 11.8. The minimum absolute atomic E-state index is 0.108. The summed E-state index contributed by atoms with van der Waals surface area (Å²) >= 11 is 0. The fourth-order valence-corrected chi connectivity index (χ4v) is 1.78. The molecule has 1 aliphatic rings. The highest BCUT2D eigenvalue weighted by molar-refractivity contribution is 6.05. The van der Waals surface area contributed by atoms with Gasteiger partial charge in [0.1, 0.15) is 0 Å². The number of carbonyl (C=O) groups excluding carboxylic acids is 1. The van der Waals surface area contributed by atoms with Gasteiger partial charge in [-0.3, -0.25) is 10.1 Å². The minimum Gasteiger partial charge on any atom is -0.354 e. The molecule has 0 aliphatic carbocycles. The predicted molar refractivity (Wildman–Crippen MR) is 64.5 cm³/mol. The number of amides is 1. The first-order valence-electron chi connectivity index (χ1n) is 5.77. The van der Waals surface area contributed by atoms with E-state index in [0.29, 0.717) is 5.96 Å². The molecule has 2 N–H and O–H groups in total. The molecule has 6 heteroatoms. The Morgan fingerprint density at radius 3 is 3.00 bits per heavy atom. The van der Waals surface area contributed by atoms with Crippen LogP contribution in [0.4, 0.5) is 0 Å². The van der Waals surface area contributed by atoms with E-state index in [-0.39, 0.29) is 11.9 Å². The molecule has 1 unspecified atom stereocenters. The Labute approximate surface area is 100 Å². The number of aryl methyl sites for hydroxylation is 1. The van der Waals surface area contributed by atoms with Gasteiger partial charge in [-0.15, -0.1) is 0 Å². The topological polar surface area (TPSA) is 71.3 Å². The zero-order valence-corrected chi connectivity index (χ0v) is 10.3. The zero-order valence-electron chi connectivity index (χ0n) is 10.3. The second-order valence-electron chi connectivity index (χ2n) is 4.27. The molecule has 2 heterocycles. The van der Waals surface area contributed by atoms with Crippen LogP contribution in [0.1, 0.15) is 32.5 Å². The highest BCUT2D eigenvalue weighted by atomic mass is 16.2. The standard InChI is InChI=1S/C11H17N5O/c1-4-16-6-12-5-8(16)9-10(17)15-11(14-9)13-7(2)3/h5-7,9H,4H2,1-3H3,(H2,13,14,15,17). The van der Waals surface area contributed by atoms with Crippen LogP contribution < -0.4 is 10.6 Å². The van der Waals surface area contributed by atoms with Gasteiger partial charge in [-0.25, -0.2) is 9.98 Å². The molecular weight excluding hydrogens is 218 g/mol. The lowest BCUT2D eigenvalue weighted by molar-refractivity contribution is -0.120. The van der Waals surface area contributed by atoms with Crippen LogP contribution in [0.5, 0.6) is 0 Å². The van der Waals surface area contributed by atoms with Gasteiger partial charge < -0.3 is 9.88 Å². The Morgan fingerprint density at radius 1 is 1.59 bits per heavy atom. The number of nitrogens with one attached hydrogen (secondary N) is 2. The monoisotopic (exact) mass is 235 g/mol. The van der Waals surface area contributed by atoms with Crippen LogP contribution in [0, 0.1) is 0 Å².